The molecule has 0 radical (unpaired) electrons. The van der Waals surface area contributed by atoms with E-state index in [4.69, 9.17) is 0 Å². The SMILES string of the molecule is CC.CC(=O)C(C)(C)C(=O)N1CCCCC1. The molecule has 0 aromatic heterocycles. The number of rotatable bonds is 2. The third-order valence-electron chi connectivity index (χ3n) is 3.06. The molecule has 3 heteroatoms. The second-order valence-corrected chi connectivity index (χ2v) is 4.53. The molecule has 1 amide bonds. The van der Waals surface area contributed by atoms with Gasteiger partial charge in [-0.2, -0.15) is 0 Å². The van der Waals surface area contributed by atoms with E-state index in [2.05, 4.69) is 0 Å². The van der Waals surface area contributed by atoms with E-state index in [9.17, 15) is 9.59 Å². The summed E-state index contributed by atoms with van der Waals surface area (Å²) >= 11 is 0. The minimum Gasteiger partial charge on any atom is -0.342 e. The van der Waals surface area contributed by atoms with Crippen LogP contribution in [0.15, 0.2) is 0 Å². The molecule has 0 N–H and O–H groups in total. The summed E-state index contributed by atoms with van der Waals surface area (Å²) in [5.41, 5.74) is -0.836. The molecule has 1 aliphatic heterocycles. The molecule has 1 saturated heterocycles. The molecule has 0 aromatic carbocycles. The lowest BCUT2D eigenvalue weighted by atomic mass is 9.86. The number of carbonyl (C=O) groups excluding carboxylic acids is 2. The van der Waals surface area contributed by atoms with Gasteiger partial charge < -0.3 is 4.90 Å². The smallest absolute Gasteiger partial charge is 0.235 e. The standard InChI is InChI=1S/C11H19NO2.C2H6/c1-9(13)11(2,3)10(14)12-7-5-4-6-8-12;1-2/h4-8H2,1-3H3;1-2H3. The van der Waals surface area contributed by atoms with Crippen LogP contribution in [0.5, 0.6) is 0 Å². The largest absolute Gasteiger partial charge is 0.342 e. The first-order valence-corrected chi connectivity index (χ1v) is 6.26. The Morgan fingerprint density at radius 1 is 1.00 bits per heavy atom. The van der Waals surface area contributed by atoms with Gasteiger partial charge in [0.15, 0.2) is 0 Å². The lowest BCUT2D eigenvalue weighted by Crippen LogP contribution is -2.46. The molecule has 0 saturated carbocycles. The van der Waals surface area contributed by atoms with Crippen LogP contribution in [0.1, 0.15) is 53.9 Å². The monoisotopic (exact) mass is 227 g/mol. The highest BCUT2D eigenvalue weighted by atomic mass is 16.2. The molecule has 1 aliphatic rings. The topological polar surface area (TPSA) is 37.4 Å². The molecular formula is C13H25NO2. The summed E-state index contributed by atoms with van der Waals surface area (Å²) in [6, 6.07) is 0. The van der Waals surface area contributed by atoms with E-state index in [1.165, 1.54) is 13.3 Å². The molecule has 0 spiro atoms. The third-order valence-corrected chi connectivity index (χ3v) is 3.06. The molecule has 0 bridgehead atoms. The molecule has 1 fully saturated rings. The van der Waals surface area contributed by atoms with Crippen LogP contribution in [0.2, 0.25) is 0 Å². The van der Waals surface area contributed by atoms with Gasteiger partial charge >= 0.3 is 0 Å². The zero-order chi connectivity index (χ0) is 12.8. The van der Waals surface area contributed by atoms with Gasteiger partial charge in [0.1, 0.15) is 11.2 Å². The van der Waals surface area contributed by atoms with Crippen LogP contribution in [0, 0.1) is 5.41 Å². The van der Waals surface area contributed by atoms with Crippen LogP contribution in [0.25, 0.3) is 0 Å². The second-order valence-electron chi connectivity index (χ2n) is 4.53. The Labute approximate surface area is 99.2 Å². The van der Waals surface area contributed by atoms with E-state index in [0.29, 0.717) is 0 Å². The Morgan fingerprint density at radius 2 is 1.44 bits per heavy atom. The summed E-state index contributed by atoms with van der Waals surface area (Å²) in [4.78, 5) is 25.1. The van der Waals surface area contributed by atoms with Gasteiger partial charge in [0.2, 0.25) is 5.91 Å². The number of likely N-dealkylation sites (tertiary alicyclic amines) is 1. The molecule has 0 aliphatic carbocycles. The van der Waals surface area contributed by atoms with Crippen molar-refractivity contribution in [1.82, 2.24) is 4.90 Å². The zero-order valence-electron chi connectivity index (χ0n) is 11.3. The minimum absolute atomic E-state index is 0.00954. The Bertz CT molecular complexity index is 240. The van der Waals surface area contributed by atoms with E-state index in [-0.39, 0.29) is 11.7 Å². The predicted molar refractivity (Wildman–Crippen MR) is 66.2 cm³/mol. The number of hydrogen-bond donors (Lipinski definition) is 0. The third kappa shape index (κ3) is 3.62. The summed E-state index contributed by atoms with van der Waals surface area (Å²) < 4.78 is 0. The highest BCUT2D eigenvalue weighted by Crippen LogP contribution is 2.22. The first-order chi connectivity index (χ1) is 7.46. The fourth-order valence-corrected chi connectivity index (χ4v) is 1.64. The van der Waals surface area contributed by atoms with E-state index < -0.39 is 5.41 Å². The minimum atomic E-state index is -0.836. The van der Waals surface area contributed by atoms with Crippen molar-refractivity contribution in [3.05, 3.63) is 0 Å². The Morgan fingerprint density at radius 3 is 1.81 bits per heavy atom. The number of Topliss-reactive ketones (excluding diaryl/α,β-unsaturated/α-hetero) is 1. The van der Waals surface area contributed by atoms with Crippen LogP contribution >= 0.6 is 0 Å². The highest BCUT2D eigenvalue weighted by Gasteiger charge is 2.36. The first kappa shape index (κ1) is 15.1. The Balaban J connectivity index is 0.00000106. The number of amides is 1. The first-order valence-electron chi connectivity index (χ1n) is 6.26. The van der Waals surface area contributed by atoms with Crippen molar-refractivity contribution in [1.29, 1.82) is 0 Å². The van der Waals surface area contributed by atoms with Crippen molar-refractivity contribution < 1.29 is 9.59 Å². The number of ketones is 1. The Kier molecular flexibility index (Phi) is 6.31. The van der Waals surface area contributed by atoms with Gasteiger partial charge in [-0.15, -0.1) is 0 Å². The molecular weight excluding hydrogens is 202 g/mol. The van der Waals surface area contributed by atoms with Crippen molar-refractivity contribution in [2.24, 2.45) is 5.41 Å². The second kappa shape index (κ2) is 6.66. The van der Waals surface area contributed by atoms with Gasteiger partial charge in [0.05, 0.1) is 0 Å². The van der Waals surface area contributed by atoms with Crippen molar-refractivity contribution in [3.63, 3.8) is 0 Å². The van der Waals surface area contributed by atoms with Crippen molar-refractivity contribution in [2.75, 3.05) is 13.1 Å². The number of hydrogen-bond acceptors (Lipinski definition) is 2. The average molecular weight is 227 g/mol. The normalized spacial score (nSPS) is 16.2. The maximum Gasteiger partial charge on any atom is 0.235 e. The number of nitrogens with zero attached hydrogens (tertiary/aromatic N) is 1. The average Bonchev–Trinajstić information content (AvgIpc) is 2.31. The zero-order valence-corrected chi connectivity index (χ0v) is 11.3. The Hall–Kier alpha value is -0.860. The van der Waals surface area contributed by atoms with Gasteiger partial charge in [-0.3, -0.25) is 9.59 Å². The van der Waals surface area contributed by atoms with Gasteiger partial charge in [-0.05, 0) is 40.0 Å². The molecule has 0 atom stereocenters. The van der Waals surface area contributed by atoms with Crippen molar-refractivity contribution >= 4 is 11.7 Å². The number of carbonyl (C=O) groups is 2. The molecule has 0 unspecified atom stereocenters. The fourth-order valence-electron chi connectivity index (χ4n) is 1.64. The maximum atomic E-state index is 12.0. The van der Waals surface area contributed by atoms with Gasteiger partial charge in [-0.25, -0.2) is 0 Å². The highest BCUT2D eigenvalue weighted by molar-refractivity contribution is 6.04. The van der Waals surface area contributed by atoms with Crippen LogP contribution in [0.4, 0.5) is 0 Å². The molecule has 1 heterocycles. The van der Waals surface area contributed by atoms with Gasteiger partial charge in [0, 0.05) is 13.1 Å². The summed E-state index contributed by atoms with van der Waals surface area (Å²) in [7, 11) is 0. The van der Waals surface area contributed by atoms with Crippen LogP contribution in [-0.2, 0) is 9.59 Å². The van der Waals surface area contributed by atoms with Crippen molar-refractivity contribution in [2.45, 2.75) is 53.9 Å². The molecule has 3 nitrogen and oxygen atoms in total. The van der Waals surface area contributed by atoms with E-state index >= 15 is 0 Å². The number of piperidine rings is 1. The van der Waals surface area contributed by atoms with Gasteiger partial charge in [-0.1, -0.05) is 13.8 Å². The van der Waals surface area contributed by atoms with Crippen LogP contribution in [0.3, 0.4) is 0 Å². The van der Waals surface area contributed by atoms with E-state index in [1.807, 2.05) is 18.7 Å². The summed E-state index contributed by atoms with van der Waals surface area (Å²) in [5, 5.41) is 0. The van der Waals surface area contributed by atoms with Crippen LogP contribution < -0.4 is 0 Å². The predicted octanol–water partition coefficient (Wildman–Crippen LogP) is 2.64. The lowest BCUT2D eigenvalue weighted by Gasteiger charge is -2.32. The quantitative estimate of drug-likeness (QED) is 0.680. The molecule has 94 valence electrons. The maximum absolute atomic E-state index is 12.0. The van der Waals surface area contributed by atoms with E-state index in [1.54, 1.807) is 13.8 Å². The van der Waals surface area contributed by atoms with Gasteiger partial charge in [0.25, 0.3) is 0 Å². The van der Waals surface area contributed by atoms with Crippen molar-refractivity contribution in [3.8, 4) is 0 Å². The lowest BCUT2D eigenvalue weighted by molar-refractivity contribution is -0.147. The molecule has 1 rings (SSSR count). The van der Waals surface area contributed by atoms with E-state index in [0.717, 1.165) is 25.9 Å². The summed E-state index contributed by atoms with van der Waals surface area (Å²) in [5.74, 6) is -0.0576. The molecule has 16 heavy (non-hydrogen) atoms. The van der Waals surface area contributed by atoms with Crippen LogP contribution in [-0.4, -0.2) is 29.7 Å². The summed E-state index contributed by atoms with van der Waals surface area (Å²) in [6.45, 7) is 10.5. The molecule has 0 aromatic rings. The fraction of sp³-hybridized carbons (Fsp3) is 0.846. The summed E-state index contributed by atoms with van der Waals surface area (Å²) in [6.07, 6.45) is 3.34.